The second-order valence-electron chi connectivity index (χ2n) is 5.42. The second-order valence-corrected chi connectivity index (χ2v) is 5.42. The van der Waals surface area contributed by atoms with Crippen molar-refractivity contribution in [2.75, 3.05) is 11.9 Å². The van der Waals surface area contributed by atoms with Gasteiger partial charge in [0.1, 0.15) is 11.9 Å². The number of anilines is 1. The van der Waals surface area contributed by atoms with Crippen LogP contribution in [0, 0.1) is 0 Å². The highest BCUT2D eigenvalue weighted by Gasteiger charge is 2.17. The van der Waals surface area contributed by atoms with E-state index in [9.17, 15) is 0 Å². The summed E-state index contributed by atoms with van der Waals surface area (Å²) in [7, 11) is 0. The Hall–Kier alpha value is -2.22. The van der Waals surface area contributed by atoms with Gasteiger partial charge in [-0.05, 0) is 42.5 Å². The van der Waals surface area contributed by atoms with E-state index in [1.807, 2.05) is 18.2 Å². The molecule has 108 valence electrons. The van der Waals surface area contributed by atoms with Crippen molar-refractivity contribution < 1.29 is 4.74 Å². The van der Waals surface area contributed by atoms with E-state index in [-0.39, 0.29) is 6.10 Å². The Kier molecular flexibility index (Phi) is 4.25. The number of ether oxygens (including phenoxy) is 1. The summed E-state index contributed by atoms with van der Waals surface area (Å²) < 4.78 is 6.24. The SMILES string of the molecule is C=CCc1ccccc1OC1CCc2ccccc2NC1. The molecule has 0 radical (unpaired) electrons. The fourth-order valence-corrected chi connectivity index (χ4v) is 2.78. The fourth-order valence-electron chi connectivity index (χ4n) is 2.78. The summed E-state index contributed by atoms with van der Waals surface area (Å²) in [6.45, 7) is 4.66. The number of allylic oxidation sites excluding steroid dienone is 1. The van der Waals surface area contributed by atoms with E-state index in [1.54, 1.807) is 0 Å². The Morgan fingerprint density at radius 1 is 1.14 bits per heavy atom. The van der Waals surface area contributed by atoms with Crippen LogP contribution < -0.4 is 10.1 Å². The topological polar surface area (TPSA) is 21.3 Å². The normalized spacial score (nSPS) is 17.2. The number of aryl methyl sites for hydroxylation is 1. The van der Waals surface area contributed by atoms with Crippen molar-refractivity contribution in [2.24, 2.45) is 0 Å². The molecule has 2 nitrogen and oxygen atoms in total. The zero-order chi connectivity index (χ0) is 14.5. The minimum Gasteiger partial charge on any atom is -0.488 e. The Balaban J connectivity index is 1.71. The van der Waals surface area contributed by atoms with E-state index in [2.05, 4.69) is 48.3 Å². The van der Waals surface area contributed by atoms with Crippen molar-refractivity contribution in [2.45, 2.75) is 25.4 Å². The maximum atomic E-state index is 6.24. The van der Waals surface area contributed by atoms with Gasteiger partial charge >= 0.3 is 0 Å². The summed E-state index contributed by atoms with van der Waals surface area (Å²) in [6, 6.07) is 16.7. The standard InChI is InChI=1S/C19H21NO/c1-2-7-16-9-4-6-11-19(16)21-17-13-12-15-8-3-5-10-18(15)20-14-17/h2-6,8-11,17,20H,1,7,12-14H2. The van der Waals surface area contributed by atoms with Gasteiger partial charge in [-0.2, -0.15) is 0 Å². The van der Waals surface area contributed by atoms with Crippen molar-refractivity contribution in [3.63, 3.8) is 0 Å². The summed E-state index contributed by atoms with van der Waals surface area (Å²) in [5.74, 6) is 0.982. The smallest absolute Gasteiger partial charge is 0.123 e. The van der Waals surface area contributed by atoms with E-state index in [1.165, 1.54) is 16.8 Å². The van der Waals surface area contributed by atoms with Crippen molar-refractivity contribution in [1.29, 1.82) is 0 Å². The average Bonchev–Trinajstić information content (AvgIpc) is 2.72. The third-order valence-corrected chi connectivity index (χ3v) is 3.90. The first-order valence-corrected chi connectivity index (χ1v) is 7.54. The van der Waals surface area contributed by atoms with E-state index in [0.717, 1.165) is 31.6 Å². The molecule has 1 aliphatic rings. The monoisotopic (exact) mass is 279 g/mol. The molecule has 0 amide bonds. The summed E-state index contributed by atoms with van der Waals surface area (Å²) >= 11 is 0. The lowest BCUT2D eigenvalue weighted by molar-refractivity contribution is 0.204. The van der Waals surface area contributed by atoms with E-state index in [0.29, 0.717) is 0 Å². The number of fused-ring (bicyclic) bond motifs is 1. The third kappa shape index (κ3) is 3.27. The van der Waals surface area contributed by atoms with Gasteiger partial charge < -0.3 is 10.1 Å². The van der Waals surface area contributed by atoms with Gasteiger partial charge in [0.15, 0.2) is 0 Å². The Labute approximate surface area is 126 Å². The molecule has 1 aliphatic heterocycles. The lowest BCUT2D eigenvalue weighted by Gasteiger charge is -2.19. The number of nitrogens with one attached hydrogen (secondary N) is 1. The number of benzene rings is 2. The molecule has 1 atom stereocenters. The molecule has 2 heteroatoms. The summed E-state index contributed by atoms with van der Waals surface area (Å²) in [6.07, 6.45) is 5.05. The molecule has 0 saturated heterocycles. The summed E-state index contributed by atoms with van der Waals surface area (Å²) in [4.78, 5) is 0. The summed E-state index contributed by atoms with van der Waals surface area (Å²) in [5, 5.41) is 3.50. The van der Waals surface area contributed by atoms with Crippen LogP contribution in [0.3, 0.4) is 0 Å². The van der Waals surface area contributed by atoms with Crippen LogP contribution in [0.5, 0.6) is 5.75 Å². The van der Waals surface area contributed by atoms with Gasteiger partial charge in [0.2, 0.25) is 0 Å². The van der Waals surface area contributed by atoms with Crippen LogP contribution in [0.4, 0.5) is 5.69 Å². The van der Waals surface area contributed by atoms with Crippen LogP contribution >= 0.6 is 0 Å². The predicted molar refractivity (Wildman–Crippen MR) is 88.0 cm³/mol. The minimum absolute atomic E-state index is 0.198. The molecule has 0 fully saturated rings. The van der Waals surface area contributed by atoms with Gasteiger partial charge in [-0.15, -0.1) is 6.58 Å². The van der Waals surface area contributed by atoms with E-state index < -0.39 is 0 Å². The van der Waals surface area contributed by atoms with Crippen LogP contribution in [0.15, 0.2) is 61.2 Å². The minimum atomic E-state index is 0.198. The molecule has 1 heterocycles. The second kappa shape index (κ2) is 6.49. The fraction of sp³-hybridized carbons (Fsp3) is 0.263. The first-order chi connectivity index (χ1) is 10.4. The quantitative estimate of drug-likeness (QED) is 0.846. The van der Waals surface area contributed by atoms with Crippen LogP contribution in [0.1, 0.15) is 17.5 Å². The Morgan fingerprint density at radius 2 is 1.95 bits per heavy atom. The molecule has 21 heavy (non-hydrogen) atoms. The zero-order valence-electron chi connectivity index (χ0n) is 12.2. The largest absolute Gasteiger partial charge is 0.488 e. The molecule has 0 spiro atoms. The molecule has 2 aromatic rings. The Morgan fingerprint density at radius 3 is 2.86 bits per heavy atom. The average molecular weight is 279 g/mol. The third-order valence-electron chi connectivity index (χ3n) is 3.90. The first kappa shape index (κ1) is 13.7. The van der Waals surface area contributed by atoms with Crippen LogP contribution in [0.25, 0.3) is 0 Å². The molecule has 1 N–H and O–H groups in total. The number of para-hydroxylation sites is 2. The van der Waals surface area contributed by atoms with Crippen molar-refractivity contribution in [3.05, 3.63) is 72.3 Å². The van der Waals surface area contributed by atoms with E-state index >= 15 is 0 Å². The molecule has 0 saturated carbocycles. The van der Waals surface area contributed by atoms with Crippen LogP contribution in [-0.4, -0.2) is 12.6 Å². The lowest BCUT2D eigenvalue weighted by atomic mass is 10.1. The molecular formula is C19H21NO. The van der Waals surface area contributed by atoms with Gasteiger partial charge in [-0.1, -0.05) is 42.5 Å². The lowest BCUT2D eigenvalue weighted by Crippen LogP contribution is -2.25. The summed E-state index contributed by atoms with van der Waals surface area (Å²) in [5.41, 5.74) is 3.82. The molecule has 0 aliphatic carbocycles. The molecular weight excluding hydrogens is 258 g/mol. The molecule has 2 aromatic carbocycles. The first-order valence-electron chi connectivity index (χ1n) is 7.54. The molecule has 3 rings (SSSR count). The molecule has 1 unspecified atom stereocenters. The zero-order valence-corrected chi connectivity index (χ0v) is 12.2. The maximum Gasteiger partial charge on any atom is 0.123 e. The molecule has 0 bridgehead atoms. The number of hydrogen-bond acceptors (Lipinski definition) is 2. The number of rotatable bonds is 4. The molecule has 0 aromatic heterocycles. The van der Waals surface area contributed by atoms with Gasteiger partial charge in [-0.3, -0.25) is 0 Å². The van der Waals surface area contributed by atoms with Gasteiger partial charge in [0, 0.05) is 5.69 Å². The highest BCUT2D eigenvalue weighted by Crippen LogP contribution is 2.25. The predicted octanol–water partition coefficient (Wildman–Crippen LogP) is 4.22. The van der Waals surface area contributed by atoms with Gasteiger partial charge in [0.05, 0.1) is 6.54 Å². The van der Waals surface area contributed by atoms with Crippen molar-refractivity contribution in [3.8, 4) is 5.75 Å². The highest BCUT2D eigenvalue weighted by atomic mass is 16.5. The van der Waals surface area contributed by atoms with Crippen molar-refractivity contribution >= 4 is 5.69 Å². The maximum absolute atomic E-state index is 6.24. The highest BCUT2D eigenvalue weighted by molar-refractivity contribution is 5.52. The van der Waals surface area contributed by atoms with Gasteiger partial charge in [-0.25, -0.2) is 0 Å². The van der Waals surface area contributed by atoms with Gasteiger partial charge in [0.25, 0.3) is 0 Å². The van der Waals surface area contributed by atoms with Crippen LogP contribution in [-0.2, 0) is 12.8 Å². The number of hydrogen-bond donors (Lipinski definition) is 1. The van der Waals surface area contributed by atoms with Crippen molar-refractivity contribution in [1.82, 2.24) is 0 Å². The van der Waals surface area contributed by atoms with E-state index in [4.69, 9.17) is 4.74 Å². The Bertz CT molecular complexity index is 593. The van der Waals surface area contributed by atoms with Crippen LogP contribution in [0.2, 0.25) is 0 Å².